The fourth-order valence-corrected chi connectivity index (χ4v) is 2.40. The van der Waals surface area contributed by atoms with E-state index in [9.17, 15) is 9.59 Å². The van der Waals surface area contributed by atoms with Gasteiger partial charge in [-0.1, -0.05) is 61.4 Å². The van der Waals surface area contributed by atoms with Gasteiger partial charge in [-0.3, -0.25) is 14.8 Å². The van der Waals surface area contributed by atoms with Gasteiger partial charge in [-0.2, -0.15) is 0 Å². The van der Waals surface area contributed by atoms with Crippen molar-refractivity contribution in [2.45, 2.75) is 45.4 Å². The Bertz CT molecular complexity index is 580. The van der Waals surface area contributed by atoms with E-state index in [1.807, 2.05) is 55.5 Å². The normalized spacial score (nSPS) is 11.5. The van der Waals surface area contributed by atoms with Gasteiger partial charge < -0.3 is 5.32 Å². The van der Waals surface area contributed by atoms with Gasteiger partial charge in [0.25, 0.3) is 5.91 Å². The van der Waals surface area contributed by atoms with Crippen molar-refractivity contribution in [2.24, 2.45) is 0 Å². The van der Waals surface area contributed by atoms with Crippen molar-refractivity contribution >= 4 is 17.4 Å². The van der Waals surface area contributed by atoms with Crippen molar-refractivity contribution in [2.75, 3.05) is 6.54 Å². The monoisotopic (exact) mass is 344 g/mol. The summed E-state index contributed by atoms with van der Waals surface area (Å²) in [7, 11) is 0. The molecule has 0 unspecified atom stereocenters. The van der Waals surface area contributed by atoms with Gasteiger partial charge in [-0.25, -0.2) is 5.48 Å². The maximum absolute atomic E-state index is 12.5. The first-order valence-corrected chi connectivity index (χ1v) is 8.77. The number of hydrogen-bond acceptors (Lipinski definition) is 3. The number of benzene rings is 1. The third kappa shape index (κ3) is 8.86. The Balaban J connectivity index is 2.40. The fourth-order valence-electron chi connectivity index (χ4n) is 2.40. The maximum Gasteiger partial charge on any atom is 0.251 e. The molecule has 2 amide bonds. The quantitative estimate of drug-likeness (QED) is 0.189. The van der Waals surface area contributed by atoms with Crippen molar-refractivity contribution in [1.82, 2.24) is 10.8 Å². The first-order chi connectivity index (χ1) is 12.2. The number of allylic oxidation sites excluding steroid dienone is 3. The summed E-state index contributed by atoms with van der Waals surface area (Å²) in [6.07, 6.45) is 10.4. The molecule has 5 heteroatoms. The molecule has 1 aromatic carbocycles. The lowest BCUT2D eigenvalue weighted by Gasteiger charge is -2.09. The van der Waals surface area contributed by atoms with E-state index in [1.165, 1.54) is 0 Å². The van der Waals surface area contributed by atoms with Gasteiger partial charge in [0.05, 0.1) is 0 Å². The summed E-state index contributed by atoms with van der Waals surface area (Å²) in [6, 6.07) is 9.66. The predicted octanol–water partition coefficient (Wildman–Crippen LogP) is 3.61. The molecule has 0 bridgehead atoms. The highest BCUT2D eigenvalue weighted by atomic mass is 16.5. The van der Waals surface area contributed by atoms with Crippen molar-refractivity contribution in [3.05, 3.63) is 54.1 Å². The second-order valence-electron chi connectivity index (χ2n) is 5.74. The molecule has 136 valence electrons. The summed E-state index contributed by atoms with van der Waals surface area (Å²) in [5, 5.41) is 11.4. The molecule has 0 saturated carbocycles. The first-order valence-electron chi connectivity index (χ1n) is 8.77. The minimum absolute atomic E-state index is 0.0599. The van der Waals surface area contributed by atoms with Gasteiger partial charge in [0.1, 0.15) is 0 Å². The number of hydroxylamine groups is 1. The SMILES string of the molecule is C/C=C\C/C=C(/C(=O)NCCCCCCC(=O)NO)c1ccccc1. The van der Waals surface area contributed by atoms with Crippen LogP contribution in [0.25, 0.3) is 5.57 Å². The van der Waals surface area contributed by atoms with Gasteiger partial charge in [0.15, 0.2) is 0 Å². The molecule has 5 nitrogen and oxygen atoms in total. The molecular formula is C20H28N2O3. The van der Waals surface area contributed by atoms with Crippen LogP contribution >= 0.6 is 0 Å². The number of rotatable bonds is 11. The minimum atomic E-state index is -0.355. The lowest BCUT2D eigenvalue weighted by Crippen LogP contribution is -2.25. The number of carbonyl (C=O) groups excluding carboxylic acids is 2. The van der Waals surface area contributed by atoms with Gasteiger partial charge in [0.2, 0.25) is 5.91 Å². The van der Waals surface area contributed by atoms with Crippen LogP contribution in [0.2, 0.25) is 0 Å². The molecular weight excluding hydrogens is 316 g/mol. The summed E-state index contributed by atoms with van der Waals surface area (Å²) >= 11 is 0. The lowest BCUT2D eigenvalue weighted by molar-refractivity contribution is -0.129. The Hall–Kier alpha value is -2.40. The van der Waals surface area contributed by atoms with Crippen LogP contribution < -0.4 is 10.8 Å². The maximum atomic E-state index is 12.5. The average molecular weight is 344 g/mol. The number of carbonyl (C=O) groups is 2. The van der Waals surface area contributed by atoms with Crippen LogP contribution in [-0.4, -0.2) is 23.6 Å². The summed E-state index contributed by atoms with van der Waals surface area (Å²) in [5.74, 6) is -0.414. The van der Waals surface area contributed by atoms with Gasteiger partial charge in [-0.05, 0) is 31.7 Å². The first kappa shape index (κ1) is 20.6. The second-order valence-corrected chi connectivity index (χ2v) is 5.74. The largest absolute Gasteiger partial charge is 0.352 e. The number of unbranched alkanes of at least 4 members (excludes halogenated alkanes) is 3. The highest BCUT2D eigenvalue weighted by molar-refractivity contribution is 6.19. The Morgan fingerprint density at radius 2 is 1.80 bits per heavy atom. The summed E-state index contributed by atoms with van der Waals surface area (Å²) in [6.45, 7) is 2.57. The molecule has 0 spiro atoms. The highest BCUT2D eigenvalue weighted by Gasteiger charge is 2.10. The van der Waals surface area contributed by atoms with Gasteiger partial charge in [0, 0.05) is 18.5 Å². The molecule has 3 N–H and O–H groups in total. The van der Waals surface area contributed by atoms with Crippen molar-refractivity contribution < 1.29 is 14.8 Å². The molecule has 25 heavy (non-hydrogen) atoms. The zero-order valence-corrected chi connectivity index (χ0v) is 14.8. The van der Waals surface area contributed by atoms with E-state index in [4.69, 9.17) is 5.21 Å². The zero-order chi connectivity index (χ0) is 18.3. The predicted molar refractivity (Wildman–Crippen MR) is 99.9 cm³/mol. The lowest BCUT2D eigenvalue weighted by atomic mass is 10.0. The van der Waals surface area contributed by atoms with E-state index in [-0.39, 0.29) is 11.8 Å². The summed E-state index contributed by atoms with van der Waals surface area (Å²) in [5.41, 5.74) is 3.23. The van der Waals surface area contributed by atoms with Crippen LogP contribution in [-0.2, 0) is 9.59 Å². The van der Waals surface area contributed by atoms with Crippen LogP contribution in [0.5, 0.6) is 0 Å². The smallest absolute Gasteiger partial charge is 0.251 e. The molecule has 1 rings (SSSR count). The van der Waals surface area contributed by atoms with E-state index in [1.54, 1.807) is 5.48 Å². The van der Waals surface area contributed by atoms with Gasteiger partial charge in [-0.15, -0.1) is 0 Å². The van der Waals surface area contributed by atoms with Crippen LogP contribution in [0.3, 0.4) is 0 Å². The minimum Gasteiger partial charge on any atom is -0.352 e. The van der Waals surface area contributed by atoms with Crippen LogP contribution in [0.15, 0.2) is 48.6 Å². The molecule has 0 saturated heterocycles. The van der Waals surface area contributed by atoms with Crippen molar-refractivity contribution in [1.29, 1.82) is 0 Å². The van der Waals surface area contributed by atoms with Crippen molar-refractivity contribution in [3.63, 3.8) is 0 Å². The Morgan fingerprint density at radius 1 is 1.08 bits per heavy atom. The number of hydrogen-bond donors (Lipinski definition) is 3. The van der Waals surface area contributed by atoms with E-state index >= 15 is 0 Å². The second kappa shape index (κ2) is 13.0. The Labute approximate surface area is 149 Å². The highest BCUT2D eigenvalue weighted by Crippen LogP contribution is 2.15. The van der Waals surface area contributed by atoms with Gasteiger partial charge >= 0.3 is 0 Å². The third-order valence-electron chi connectivity index (χ3n) is 3.76. The number of nitrogens with one attached hydrogen (secondary N) is 2. The van der Waals surface area contributed by atoms with Crippen LogP contribution in [0, 0.1) is 0 Å². The van der Waals surface area contributed by atoms with E-state index in [0.29, 0.717) is 18.5 Å². The molecule has 0 aromatic heterocycles. The van der Waals surface area contributed by atoms with Crippen LogP contribution in [0.4, 0.5) is 0 Å². The molecule has 0 heterocycles. The Kier molecular flexibility index (Phi) is 10.7. The summed E-state index contributed by atoms with van der Waals surface area (Å²) < 4.78 is 0. The molecule has 0 aliphatic heterocycles. The van der Waals surface area contributed by atoms with Crippen molar-refractivity contribution in [3.8, 4) is 0 Å². The molecule has 0 atom stereocenters. The van der Waals surface area contributed by atoms with E-state index < -0.39 is 0 Å². The molecule has 0 fully saturated rings. The fraction of sp³-hybridized carbons (Fsp3) is 0.400. The number of amides is 2. The third-order valence-corrected chi connectivity index (χ3v) is 3.76. The average Bonchev–Trinajstić information content (AvgIpc) is 2.64. The standard InChI is InChI=1S/C20H28N2O3/c1-2-3-7-14-18(17-12-8-6-9-13-17)20(24)21-16-11-5-4-10-15-19(23)22-25/h2-3,6,8-9,12-14,25H,4-5,7,10-11,15-16H2,1H3,(H,21,24)(H,22,23)/b3-2-,18-14+. The zero-order valence-electron chi connectivity index (χ0n) is 14.8. The van der Waals surface area contributed by atoms with E-state index in [0.717, 1.165) is 37.7 Å². The summed E-state index contributed by atoms with van der Waals surface area (Å²) in [4.78, 5) is 23.3. The molecule has 0 aliphatic rings. The van der Waals surface area contributed by atoms with Crippen LogP contribution in [0.1, 0.15) is 51.0 Å². The molecule has 0 aliphatic carbocycles. The molecule has 0 radical (unpaired) electrons. The topological polar surface area (TPSA) is 78.4 Å². The Morgan fingerprint density at radius 3 is 2.48 bits per heavy atom. The van der Waals surface area contributed by atoms with E-state index in [2.05, 4.69) is 5.32 Å². The molecule has 1 aromatic rings.